The van der Waals surface area contributed by atoms with Crippen LogP contribution in [0.3, 0.4) is 0 Å². The highest BCUT2D eigenvalue weighted by molar-refractivity contribution is 5.96. The molecule has 1 atom stereocenters. The molecule has 224 valence electrons. The Bertz CT molecular complexity index is 1340. The molecule has 2 aliphatic heterocycles. The molecule has 0 spiro atoms. The van der Waals surface area contributed by atoms with E-state index in [0.717, 1.165) is 4.90 Å². The number of ether oxygens (including phenoxy) is 1. The van der Waals surface area contributed by atoms with E-state index in [4.69, 9.17) is 9.84 Å². The molecule has 1 aromatic heterocycles. The molecule has 2 fully saturated rings. The standard InChI is InChI=1S/C26H31N7O9/c34-20-15-32(9-8-27-20)21(35)16-42-22-14-19(29-33(22)17-4-2-1-3-5-17)24(38)28-18(6-7-23(36)37)25(39)30-10-12-31(13-11-30)26(40)41/h1-5,14,18H,6-13,15-16H2,(H,27,34)(H,28,38)(H,36,37)(H,40,41). The number of nitrogens with zero attached hydrogens (tertiary/aromatic N) is 5. The Kier molecular flexibility index (Phi) is 9.57. The van der Waals surface area contributed by atoms with Crippen molar-refractivity contribution in [1.29, 1.82) is 0 Å². The van der Waals surface area contributed by atoms with E-state index < -0.39 is 48.9 Å². The van der Waals surface area contributed by atoms with E-state index in [1.165, 1.54) is 20.5 Å². The Morgan fingerprint density at radius 1 is 0.976 bits per heavy atom. The van der Waals surface area contributed by atoms with Gasteiger partial charge in [0, 0.05) is 51.8 Å². The third kappa shape index (κ3) is 7.52. The Balaban J connectivity index is 1.50. The third-order valence-electron chi connectivity index (χ3n) is 6.76. The van der Waals surface area contributed by atoms with Crippen LogP contribution in [0.2, 0.25) is 0 Å². The molecule has 2 aromatic rings. The fourth-order valence-corrected chi connectivity index (χ4v) is 4.51. The largest absolute Gasteiger partial charge is 0.481 e. The smallest absolute Gasteiger partial charge is 0.407 e. The summed E-state index contributed by atoms with van der Waals surface area (Å²) < 4.78 is 7.03. The van der Waals surface area contributed by atoms with E-state index in [1.54, 1.807) is 30.3 Å². The number of rotatable bonds is 10. The van der Waals surface area contributed by atoms with Crippen LogP contribution in [0.15, 0.2) is 36.4 Å². The van der Waals surface area contributed by atoms with Gasteiger partial charge in [-0.2, -0.15) is 5.10 Å². The van der Waals surface area contributed by atoms with E-state index in [1.807, 2.05) is 0 Å². The van der Waals surface area contributed by atoms with Crippen LogP contribution in [0.25, 0.3) is 5.69 Å². The molecule has 4 N–H and O–H groups in total. The van der Waals surface area contributed by atoms with E-state index in [-0.39, 0.29) is 56.6 Å². The number of amides is 5. The minimum Gasteiger partial charge on any atom is -0.481 e. The van der Waals surface area contributed by atoms with E-state index in [0.29, 0.717) is 18.8 Å². The molecule has 0 bridgehead atoms. The van der Waals surface area contributed by atoms with Gasteiger partial charge in [0.2, 0.25) is 17.7 Å². The summed E-state index contributed by atoms with van der Waals surface area (Å²) >= 11 is 0. The van der Waals surface area contributed by atoms with Crippen LogP contribution in [0, 0.1) is 0 Å². The quantitative estimate of drug-likeness (QED) is 0.268. The SMILES string of the molecule is O=C(O)CCC(NC(=O)c1cc(OCC(=O)N2CCNC(=O)C2)n(-c2ccccc2)n1)C(=O)N1CCN(C(=O)O)CC1. The molecule has 42 heavy (non-hydrogen) atoms. The van der Waals surface area contributed by atoms with Gasteiger partial charge in [-0.25, -0.2) is 9.48 Å². The van der Waals surface area contributed by atoms with Crippen molar-refractivity contribution in [1.82, 2.24) is 35.1 Å². The lowest BCUT2D eigenvalue weighted by Gasteiger charge is -2.35. The second-order valence-corrected chi connectivity index (χ2v) is 9.62. The maximum absolute atomic E-state index is 13.3. The minimum atomic E-state index is -1.21. The number of hydrogen-bond acceptors (Lipinski definition) is 8. The molecule has 0 saturated carbocycles. The molecule has 16 nitrogen and oxygen atoms in total. The number of aliphatic carboxylic acids is 1. The summed E-state index contributed by atoms with van der Waals surface area (Å²) in [6.45, 7) is 0.507. The van der Waals surface area contributed by atoms with E-state index in [2.05, 4.69) is 15.7 Å². The second-order valence-electron chi connectivity index (χ2n) is 9.62. The van der Waals surface area contributed by atoms with Gasteiger partial charge in [0.25, 0.3) is 11.8 Å². The van der Waals surface area contributed by atoms with Crippen LogP contribution in [0.4, 0.5) is 4.79 Å². The van der Waals surface area contributed by atoms with Crippen molar-refractivity contribution in [3.8, 4) is 11.6 Å². The molecule has 0 aliphatic carbocycles. The van der Waals surface area contributed by atoms with Crippen LogP contribution in [-0.2, 0) is 19.2 Å². The molecule has 2 aliphatic rings. The zero-order valence-corrected chi connectivity index (χ0v) is 22.6. The van der Waals surface area contributed by atoms with Crippen LogP contribution < -0.4 is 15.4 Å². The summed E-state index contributed by atoms with van der Waals surface area (Å²) in [7, 11) is 0. The van der Waals surface area contributed by atoms with Crippen molar-refractivity contribution in [3.05, 3.63) is 42.1 Å². The lowest BCUT2D eigenvalue weighted by molar-refractivity contribution is -0.139. The number of para-hydroxylation sites is 1. The number of carboxylic acid groups (broad SMARTS) is 2. The normalized spacial score (nSPS) is 15.9. The molecule has 1 unspecified atom stereocenters. The van der Waals surface area contributed by atoms with Gasteiger partial charge < -0.3 is 40.3 Å². The number of benzene rings is 1. The number of piperazine rings is 2. The van der Waals surface area contributed by atoms with Gasteiger partial charge in [-0.15, -0.1) is 0 Å². The van der Waals surface area contributed by atoms with Crippen molar-refractivity contribution >= 4 is 35.7 Å². The highest BCUT2D eigenvalue weighted by atomic mass is 16.5. The topological polar surface area (TPSA) is 204 Å². The maximum atomic E-state index is 13.3. The van der Waals surface area contributed by atoms with Crippen molar-refractivity contribution in [3.63, 3.8) is 0 Å². The first kappa shape index (κ1) is 29.8. The number of hydrogen-bond donors (Lipinski definition) is 4. The van der Waals surface area contributed by atoms with Crippen LogP contribution in [-0.4, -0.2) is 129 Å². The summed E-state index contributed by atoms with van der Waals surface area (Å²) in [4.78, 5) is 77.1. The summed E-state index contributed by atoms with van der Waals surface area (Å²) in [5.74, 6) is -3.12. The number of carbonyl (C=O) groups excluding carboxylic acids is 4. The first-order valence-electron chi connectivity index (χ1n) is 13.2. The molecule has 0 radical (unpaired) electrons. The predicted octanol–water partition coefficient (Wildman–Crippen LogP) is -1.01. The lowest BCUT2D eigenvalue weighted by atomic mass is 10.1. The van der Waals surface area contributed by atoms with Crippen molar-refractivity contribution in [2.45, 2.75) is 18.9 Å². The minimum absolute atomic E-state index is 0.0550. The van der Waals surface area contributed by atoms with Crippen molar-refractivity contribution in [2.24, 2.45) is 0 Å². The van der Waals surface area contributed by atoms with E-state index >= 15 is 0 Å². The highest BCUT2D eigenvalue weighted by Crippen LogP contribution is 2.20. The lowest BCUT2D eigenvalue weighted by Crippen LogP contribution is -2.55. The highest BCUT2D eigenvalue weighted by Gasteiger charge is 2.31. The third-order valence-corrected chi connectivity index (χ3v) is 6.76. The number of aromatic nitrogens is 2. The van der Waals surface area contributed by atoms with Gasteiger partial charge in [-0.1, -0.05) is 18.2 Å². The van der Waals surface area contributed by atoms with Crippen molar-refractivity contribution in [2.75, 3.05) is 52.4 Å². The zero-order valence-electron chi connectivity index (χ0n) is 22.6. The van der Waals surface area contributed by atoms with Gasteiger partial charge in [0.1, 0.15) is 6.04 Å². The fraction of sp³-hybridized carbons (Fsp3) is 0.423. The molecule has 5 amide bonds. The van der Waals surface area contributed by atoms with Gasteiger partial charge in [0.05, 0.1) is 12.2 Å². The average molecular weight is 586 g/mol. The Morgan fingerprint density at radius 2 is 1.67 bits per heavy atom. The zero-order chi connectivity index (χ0) is 30.2. The fourth-order valence-electron chi connectivity index (χ4n) is 4.51. The molecule has 1 aromatic carbocycles. The van der Waals surface area contributed by atoms with E-state index in [9.17, 15) is 33.9 Å². The Hall–Kier alpha value is -5.15. The molecular formula is C26H31N7O9. The summed E-state index contributed by atoms with van der Waals surface area (Å²) in [5.41, 5.74) is 0.369. The molecule has 3 heterocycles. The van der Waals surface area contributed by atoms with Crippen molar-refractivity contribution < 1.29 is 43.7 Å². The van der Waals surface area contributed by atoms with Crippen LogP contribution in [0.5, 0.6) is 5.88 Å². The molecular weight excluding hydrogens is 554 g/mol. The first-order valence-corrected chi connectivity index (χ1v) is 13.2. The molecule has 4 rings (SSSR count). The predicted molar refractivity (Wildman–Crippen MR) is 143 cm³/mol. The molecule has 2 saturated heterocycles. The number of carbonyl (C=O) groups is 6. The Labute approximate surface area is 239 Å². The second kappa shape index (κ2) is 13.5. The summed E-state index contributed by atoms with van der Waals surface area (Å²) in [6.07, 6.45) is -1.69. The summed E-state index contributed by atoms with van der Waals surface area (Å²) in [5, 5.41) is 27.8. The first-order chi connectivity index (χ1) is 20.1. The Morgan fingerprint density at radius 3 is 2.31 bits per heavy atom. The van der Waals surface area contributed by atoms with Crippen LogP contribution >= 0.6 is 0 Å². The average Bonchev–Trinajstić information content (AvgIpc) is 3.42. The van der Waals surface area contributed by atoms with Gasteiger partial charge >= 0.3 is 12.1 Å². The number of carboxylic acids is 1. The maximum Gasteiger partial charge on any atom is 0.407 e. The molecule has 16 heteroatoms. The van der Waals surface area contributed by atoms with Gasteiger partial charge in [0.15, 0.2) is 12.3 Å². The monoisotopic (exact) mass is 585 g/mol. The summed E-state index contributed by atoms with van der Waals surface area (Å²) in [6, 6.07) is 8.75. The van der Waals surface area contributed by atoms with Gasteiger partial charge in [-0.3, -0.25) is 24.0 Å². The number of nitrogens with one attached hydrogen (secondary N) is 2. The van der Waals surface area contributed by atoms with Crippen LogP contribution in [0.1, 0.15) is 23.3 Å². The van der Waals surface area contributed by atoms with Gasteiger partial charge in [-0.05, 0) is 18.6 Å².